The molecule has 0 aromatic heterocycles. The van der Waals surface area contributed by atoms with Gasteiger partial charge in [-0.25, -0.2) is 13.1 Å². The van der Waals surface area contributed by atoms with Gasteiger partial charge in [0.1, 0.15) is 0 Å². The first-order valence-electron chi connectivity index (χ1n) is 8.59. The van der Waals surface area contributed by atoms with E-state index in [4.69, 9.17) is 0 Å². The van der Waals surface area contributed by atoms with Crippen LogP contribution in [0.1, 0.15) is 37.8 Å². The average molecular weight is 339 g/mol. The maximum atomic E-state index is 12.1. The monoisotopic (exact) mass is 338 g/mol. The smallest absolute Gasteiger partial charge is 0.215 e. The number of nitrogens with zero attached hydrogens (tertiary/aromatic N) is 1. The van der Waals surface area contributed by atoms with E-state index in [9.17, 15) is 8.42 Å². The Morgan fingerprint density at radius 1 is 1.13 bits per heavy atom. The van der Waals surface area contributed by atoms with Gasteiger partial charge in [0.05, 0.1) is 5.75 Å². The van der Waals surface area contributed by atoms with Crippen LogP contribution in [-0.4, -0.2) is 39.5 Å². The van der Waals surface area contributed by atoms with Crippen molar-refractivity contribution >= 4 is 10.0 Å². The number of rotatable bonds is 7. The van der Waals surface area contributed by atoms with Crippen LogP contribution in [0.2, 0.25) is 0 Å². The minimum absolute atomic E-state index is 0.0606. The molecule has 0 aliphatic carbocycles. The minimum atomic E-state index is -3.24. The fourth-order valence-electron chi connectivity index (χ4n) is 3.46. The van der Waals surface area contributed by atoms with Crippen LogP contribution in [0.5, 0.6) is 0 Å². The van der Waals surface area contributed by atoms with E-state index in [1.54, 1.807) is 0 Å². The van der Waals surface area contributed by atoms with Gasteiger partial charge in [-0.3, -0.25) is 0 Å². The lowest BCUT2D eigenvalue weighted by molar-refractivity contribution is 0.140. The van der Waals surface area contributed by atoms with Gasteiger partial charge in [-0.05, 0) is 43.7 Å². The summed E-state index contributed by atoms with van der Waals surface area (Å²) in [6.45, 7) is 10.4. The van der Waals surface area contributed by atoms with Gasteiger partial charge in [0.15, 0.2) is 0 Å². The van der Waals surface area contributed by atoms with Crippen LogP contribution < -0.4 is 4.72 Å². The topological polar surface area (TPSA) is 49.4 Å². The molecule has 1 N–H and O–H groups in total. The molecule has 2 atom stereocenters. The van der Waals surface area contributed by atoms with E-state index in [0.717, 1.165) is 49.0 Å². The van der Waals surface area contributed by atoms with E-state index in [-0.39, 0.29) is 5.75 Å². The highest BCUT2D eigenvalue weighted by atomic mass is 32.2. The van der Waals surface area contributed by atoms with Gasteiger partial charge in [-0.2, -0.15) is 0 Å². The third kappa shape index (κ3) is 6.61. The number of benzene rings is 1. The van der Waals surface area contributed by atoms with E-state index in [0.29, 0.717) is 6.54 Å². The van der Waals surface area contributed by atoms with Crippen LogP contribution in [0.4, 0.5) is 0 Å². The molecule has 0 radical (unpaired) electrons. The van der Waals surface area contributed by atoms with E-state index < -0.39 is 10.0 Å². The molecule has 1 aliphatic heterocycles. The van der Waals surface area contributed by atoms with Crippen molar-refractivity contribution in [1.29, 1.82) is 0 Å². The molecule has 5 heteroatoms. The lowest BCUT2D eigenvalue weighted by atomic mass is 9.92. The number of hydrogen-bond acceptors (Lipinski definition) is 3. The van der Waals surface area contributed by atoms with Crippen molar-refractivity contribution < 1.29 is 8.42 Å². The van der Waals surface area contributed by atoms with Crippen molar-refractivity contribution in [3.63, 3.8) is 0 Å². The summed E-state index contributed by atoms with van der Waals surface area (Å²) in [5.41, 5.74) is 1.98. The van der Waals surface area contributed by atoms with Crippen molar-refractivity contribution in [3.05, 3.63) is 35.4 Å². The Morgan fingerprint density at radius 3 is 2.35 bits per heavy atom. The quantitative estimate of drug-likeness (QED) is 0.778. The Balaban J connectivity index is 1.71. The van der Waals surface area contributed by atoms with Crippen LogP contribution in [0.15, 0.2) is 24.3 Å². The Morgan fingerprint density at radius 2 is 1.74 bits per heavy atom. The first-order valence-corrected chi connectivity index (χ1v) is 10.2. The number of piperidine rings is 1. The lowest BCUT2D eigenvalue weighted by Crippen LogP contribution is -2.40. The van der Waals surface area contributed by atoms with Crippen molar-refractivity contribution in [1.82, 2.24) is 9.62 Å². The zero-order valence-electron chi connectivity index (χ0n) is 14.6. The Kier molecular flexibility index (Phi) is 6.62. The molecule has 0 unspecified atom stereocenters. The van der Waals surface area contributed by atoms with Crippen molar-refractivity contribution in [2.24, 2.45) is 11.8 Å². The maximum Gasteiger partial charge on any atom is 0.215 e. The molecular formula is C18H30N2O2S. The number of likely N-dealkylation sites (tertiary alicyclic amines) is 1. The standard InChI is InChI=1S/C18H30N2O2S/c1-15-5-7-18(8-6-15)14-23(21,22)19-9-4-10-20-12-16(2)11-17(3)13-20/h5-8,16-17,19H,4,9-14H2,1-3H3/t16-,17-/m0/s1. The summed E-state index contributed by atoms with van der Waals surface area (Å²) >= 11 is 0. The molecule has 1 aromatic carbocycles. The molecule has 1 aliphatic rings. The molecule has 130 valence electrons. The molecular weight excluding hydrogens is 308 g/mol. The second-order valence-corrected chi connectivity index (χ2v) is 9.01. The van der Waals surface area contributed by atoms with Crippen LogP contribution >= 0.6 is 0 Å². The molecule has 2 rings (SSSR count). The number of aryl methyl sites for hydroxylation is 1. The highest BCUT2D eigenvalue weighted by molar-refractivity contribution is 7.88. The maximum absolute atomic E-state index is 12.1. The molecule has 0 amide bonds. The van der Waals surface area contributed by atoms with Crippen molar-refractivity contribution in [2.75, 3.05) is 26.2 Å². The van der Waals surface area contributed by atoms with Gasteiger partial charge in [0.2, 0.25) is 10.0 Å². The number of sulfonamides is 1. The SMILES string of the molecule is Cc1ccc(CS(=O)(=O)NCCCN2C[C@@H](C)C[C@H](C)C2)cc1. The van der Waals surface area contributed by atoms with Gasteiger partial charge < -0.3 is 4.90 Å². The number of hydrogen-bond donors (Lipinski definition) is 1. The molecule has 1 saturated heterocycles. The van der Waals surface area contributed by atoms with E-state index in [2.05, 4.69) is 23.5 Å². The third-order valence-electron chi connectivity index (χ3n) is 4.39. The molecule has 1 aromatic rings. The summed E-state index contributed by atoms with van der Waals surface area (Å²) < 4.78 is 27.0. The summed E-state index contributed by atoms with van der Waals surface area (Å²) in [5, 5.41) is 0. The predicted molar refractivity (Wildman–Crippen MR) is 95.8 cm³/mol. The fraction of sp³-hybridized carbons (Fsp3) is 0.667. The van der Waals surface area contributed by atoms with Crippen LogP contribution in [0.25, 0.3) is 0 Å². The van der Waals surface area contributed by atoms with E-state index >= 15 is 0 Å². The fourth-order valence-corrected chi connectivity index (χ4v) is 4.65. The van der Waals surface area contributed by atoms with Crippen LogP contribution in [0, 0.1) is 18.8 Å². The van der Waals surface area contributed by atoms with Crippen LogP contribution in [0.3, 0.4) is 0 Å². The molecule has 0 bridgehead atoms. The van der Waals surface area contributed by atoms with Gasteiger partial charge >= 0.3 is 0 Å². The van der Waals surface area contributed by atoms with Crippen LogP contribution in [-0.2, 0) is 15.8 Å². The molecule has 23 heavy (non-hydrogen) atoms. The van der Waals surface area contributed by atoms with E-state index in [1.165, 1.54) is 6.42 Å². The third-order valence-corrected chi connectivity index (χ3v) is 5.75. The number of nitrogens with one attached hydrogen (secondary N) is 1. The second kappa shape index (κ2) is 8.27. The first-order chi connectivity index (χ1) is 10.8. The molecule has 1 fully saturated rings. The van der Waals surface area contributed by atoms with E-state index in [1.807, 2.05) is 31.2 Å². The predicted octanol–water partition coefficient (Wildman–Crippen LogP) is 2.78. The van der Waals surface area contributed by atoms with Gasteiger partial charge in [0, 0.05) is 19.6 Å². The summed E-state index contributed by atoms with van der Waals surface area (Å²) in [6.07, 6.45) is 2.17. The van der Waals surface area contributed by atoms with Gasteiger partial charge in [-0.1, -0.05) is 43.7 Å². The molecule has 4 nitrogen and oxygen atoms in total. The summed E-state index contributed by atoms with van der Waals surface area (Å²) in [7, 11) is -3.24. The summed E-state index contributed by atoms with van der Waals surface area (Å²) in [4.78, 5) is 2.47. The molecule has 1 heterocycles. The largest absolute Gasteiger partial charge is 0.303 e. The Hall–Kier alpha value is -0.910. The minimum Gasteiger partial charge on any atom is -0.303 e. The summed E-state index contributed by atoms with van der Waals surface area (Å²) in [6, 6.07) is 7.66. The highest BCUT2D eigenvalue weighted by Crippen LogP contribution is 2.20. The molecule has 0 saturated carbocycles. The first kappa shape index (κ1) is 18.4. The molecule has 0 spiro atoms. The summed E-state index contributed by atoms with van der Waals surface area (Å²) in [5.74, 6) is 1.55. The van der Waals surface area contributed by atoms with Crippen molar-refractivity contribution in [3.8, 4) is 0 Å². The average Bonchev–Trinajstić information content (AvgIpc) is 2.45. The Labute approximate surface area is 141 Å². The lowest BCUT2D eigenvalue weighted by Gasteiger charge is -2.34. The highest BCUT2D eigenvalue weighted by Gasteiger charge is 2.21. The van der Waals surface area contributed by atoms with Gasteiger partial charge in [0.25, 0.3) is 0 Å². The van der Waals surface area contributed by atoms with Gasteiger partial charge in [-0.15, -0.1) is 0 Å². The normalized spacial score (nSPS) is 23.1. The zero-order valence-corrected chi connectivity index (χ0v) is 15.4. The Bertz CT molecular complexity index is 574. The second-order valence-electron chi connectivity index (χ2n) is 7.20. The zero-order chi connectivity index (χ0) is 16.9. The van der Waals surface area contributed by atoms with Crippen molar-refractivity contribution in [2.45, 2.75) is 39.4 Å².